The minimum atomic E-state index is -3.05. The summed E-state index contributed by atoms with van der Waals surface area (Å²) in [6.07, 6.45) is -1.02. The van der Waals surface area contributed by atoms with Crippen molar-refractivity contribution >= 4 is 34.6 Å². The molecule has 2 saturated heterocycles. The molecule has 0 amide bonds. The molecule has 3 heterocycles. The average Bonchev–Trinajstić information content (AvgIpc) is 2.92. The third-order valence-electron chi connectivity index (χ3n) is 8.53. The number of benzene rings is 1. The maximum absolute atomic E-state index is 13.1. The maximum Gasteiger partial charge on any atom is 0.358 e. The molecule has 4 rings (SSSR count). The molecule has 43 heavy (non-hydrogen) atoms. The lowest BCUT2D eigenvalue weighted by Gasteiger charge is -2.54. The van der Waals surface area contributed by atoms with E-state index in [2.05, 4.69) is 60.4 Å². The molecular formula is C30H46N2O8SSi2. The van der Waals surface area contributed by atoms with E-state index in [-0.39, 0.29) is 39.9 Å². The number of thiocarbonyl (C=S) groups is 1. The number of aromatic amines is 1. The summed E-state index contributed by atoms with van der Waals surface area (Å²) in [5, 5.41) is -0.137. The van der Waals surface area contributed by atoms with Crippen molar-refractivity contribution in [2.75, 3.05) is 13.2 Å². The van der Waals surface area contributed by atoms with E-state index >= 15 is 0 Å². The third kappa shape index (κ3) is 6.77. The first-order valence-corrected chi connectivity index (χ1v) is 19.5. The van der Waals surface area contributed by atoms with Gasteiger partial charge in [-0.15, -0.1) is 0 Å². The fourth-order valence-electron chi connectivity index (χ4n) is 6.17. The topological polar surface area (TPSA) is 110 Å². The van der Waals surface area contributed by atoms with Crippen LogP contribution in [0.4, 0.5) is 0 Å². The molecule has 238 valence electrons. The molecule has 0 aliphatic carbocycles. The van der Waals surface area contributed by atoms with Crippen LogP contribution in [0.15, 0.2) is 46.1 Å². The number of nitrogens with zero attached hydrogens (tertiary/aromatic N) is 1. The van der Waals surface area contributed by atoms with Gasteiger partial charge in [0, 0.05) is 36.5 Å². The van der Waals surface area contributed by atoms with Gasteiger partial charge in [-0.2, -0.15) is 0 Å². The number of aryl methyl sites for hydroxylation is 1. The van der Waals surface area contributed by atoms with Crippen molar-refractivity contribution in [3.63, 3.8) is 0 Å². The first-order chi connectivity index (χ1) is 20.2. The molecule has 0 radical (unpaired) electrons. The molecule has 0 saturated carbocycles. The second-order valence-electron chi connectivity index (χ2n) is 12.8. The lowest BCUT2D eigenvalue weighted by Crippen LogP contribution is -2.68. The minimum absolute atomic E-state index is 0.0757. The summed E-state index contributed by atoms with van der Waals surface area (Å²) < 4.78 is 41.6. The Labute approximate surface area is 261 Å². The van der Waals surface area contributed by atoms with Gasteiger partial charge in [0.2, 0.25) is 0 Å². The Kier molecular flexibility index (Phi) is 10.6. The first-order valence-electron chi connectivity index (χ1n) is 15.1. The Hall–Kier alpha value is -2.14. The summed E-state index contributed by atoms with van der Waals surface area (Å²) in [6, 6.07) is 9.09. The van der Waals surface area contributed by atoms with Crippen molar-refractivity contribution in [3.8, 4) is 5.75 Å². The highest BCUT2D eigenvalue weighted by Gasteiger charge is 2.61. The molecule has 0 unspecified atom stereocenters. The van der Waals surface area contributed by atoms with Crippen LogP contribution in [-0.2, 0) is 22.4 Å². The SMILES string of the molecule is Cc1cn([C@@H]2OC[C@@H]3CO[Si](C(C)C)(C(C)C)O[Si](C(C)C)(C(C)C)O[C@H]3[C@H]2OC(=S)Oc2ccccc2)c(=O)[nH]c1=O. The Morgan fingerprint density at radius 3 is 2.14 bits per heavy atom. The van der Waals surface area contributed by atoms with Gasteiger partial charge in [-0.3, -0.25) is 14.3 Å². The van der Waals surface area contributed by atoms with Crippen LogP contribution in [-0.4, -0.2) is 57.3 Å². The molecule has 2 aliphatic rings. The van der Waals surface area contributed by atoms with Gasteiger partial charge in [-0.25, -0.2) is 4.79 Å². The smallest absolute Gasteiger partial charge is 0.358 e. The van der Waals surface area contributed by atoms with Gasteiger partial charge in [0.05, 0.1) is 12.7 Å². The van der Waals surface area contributed by atoms with Crippen LogP contribution < -0.4 is 16.0 Å². The molecule has 0 bridgehead atoms. The van der Waals surface area contributed by atoms with Crippen LogP contribution in [0, 0.1) is 12.8 Å². The molecule has 2 aromatic rings. The Balaban J connectivity index is 1.83. The van der Waals surface area contributed by atoms with Crippen LogP contribution in [0.5, 0.6) is 5.75 Å². The lowest BCUT2D eigenvalue weighted by atomic mass is 9.95. The van der Waals surface area contributed by atoms with E-state index in [1.807, 2.05) is 18.2 Å². The quantitative estimate of drug-likeness (QED) is 0.298. The van der Waals surface area contributed by atoms with Gasteiger partial charge < -0.3 is 27.2 Å². The molecule has 2 fully saturated rings. The largest absolute Gasteiger partial charge is 0.446 e. The summed E-state index contributed by atoms with van der Waals surface area (Å²) in [5.74, 6) is 0.273. The van der Waals surface area contributed by atoms with Crippen molar-refractivity contribution in [2.45, 2.75) is 103 Å². The summed E-state index contributed by atoms with van der Waals surface area (Å²) in [4.78, 5) is 27.7. The third-order valence-corrected chi connectivity index (χ3v) is 19.0. The second kappa shape index (κ2) is 13.5. The van der Waals surface area contributed by atoms with Crippen molar-refractivity contribution in [2.24, 2.45) is 5.92 Å². The molecule has 1 N–H and O–H groups in total. The maximum atomic E-state index is 13.1. The van der Waals surface area contributed by atoms with Crippen LogP contribution in [0.2, 0.25) is 22.2 Å². The van der Waals surface area contributed by atoms with E-state index < -0.39 is 46.8 Å². The Bertz CT molecular complexity index is 1360. The number of fused-ring (bicyclic) bond motifs is 1. The lowest BCUT2D eigenvalue weighted by molar-refractivity contribution is -0.198. The molecule has 2 aliphatic heterocycles. The second-order valence-corrected chi connectivity index (χ2v) is 21.9. The van der Waals surface area contributed by atoms with E-state index in [1.165, 1.54) is 10.8 Å². The number of H-pyrrole nitrogens is 1. The van der Waals surface area contributed by atoms with E-state index in [0.717, 1.165) is 0 Å². The molecule has 4 atom stereocenters. The average molecular weight is 651 g/mol. The normalized spacial score (nSPS) is 25.3. The van der Waals surface area contributed by atoms with Crippen LogP contribution in [0.25, 0.3) is 0 Å². The van der Waals surface area contributed by atoms with Crippen molar-refractivity contribution in [3.05, 3.63) is 62.9 Å². The van der Waals surface area contributed by atoms with E-state index in [4.69, 9.17) is 39.4 Å². The fourth-order valence-corrected chi connectivity index (χ4v) is 17.7. The van der Waals surface area contributed by atoms with Crippen molar-refractivity contribution in [1.29, 1.82) is 0 Å². The summed E-state index contributed by atoms with van der Waals surface area (Å²) in [5.41, 5.74) is -0.197. The predicted molar refractivity (Wildman–Crippen MR) is 173 cm³/mol. The number of para-hydroxylation sites is 1. The van der Waals surface area contributed by atoms with Gasteiger partial charge >= 0.3 is 28.0 Å². The summed E-state index contributed by atoms with van der Waals surface area (Å²) >= 11 is 5.57. The van der Waals surface area contributed by atoms with Gasteiger partial charge in [0.25, 0.3) is 5.56 Å². The van der Waals surface area contributed by atoms with Crippen LogP contribution in [0.1, 0.15) is 67.2 Å². The zero-order chi connectivity index (χ0) is 31.7. The van der Waals surface area contributed by atoms with Crippen LogP contribution >= 0.6 is 12.2 Å². The highest BCUT2D eigenvalue weighted by atomic mass is 32.1. The minimum Gasteiger partial charge on any atom is -0.446 e. The molecule has 1 aromatic carbocycles. The zero-order valence-electron chi connectivity index (χ0n) is 26.6. The standard InChI is InChI=1S/C30H46N2O8SSi2/c1-18(2)42(19(3)4)36-17-23-16-35-28(32-15-22(9)27(33)31-29(32)34)26(38-30(41)37-24-13-11-10-12-14-24)25(23)39-43(40-42,20(5)6)21(7)8/h10-15,18-21,23,25-26,28H,16-17H2,1-9H3,(H,31,33,34)/t23-,25-,26-,28-/m1/s1. The fraction of sp³-hybridized carbons (Fsp3) is 0.633. The monoisotopic (exact) mass is 650 g/mol. The highest BCUT2D eigenvalue weighted by Crippen LogP contribution is 2.48. The highest BCUT2D eigenvalue weighted by molar-refractivity contribution is 7.79. The number of nitrogens with one attached hydrogen (secondary N) is 1. The zero-order valence-corrected chi connectivity index (χ0v) is 29.4. The van der Waals surface area contributed by atoms with E-state index in [0.29, 0.717) is 17.9 Å². The number of hydrogen-bond donors (Lipinski definition) is 1. The summed E-state index contributed by atoms with van der Waals surface area (Å²) in [6.45, 7) is 19.5. The number of ether oxygens (including phenoxy) is 3. The molecule has 0 spiro atoms. The molecule has 13 heteroatoms. The molecule has 10 nitrogen and oxygen atoms in total. The molecular weight excluding hydrogens is 605 g/mol. The Morgan fingerprint density at radius 1 is 0.953 bits per heavy atom. The van der Waals surface area contributed by atoms with Gasteiger partial charge in [-0.1, -0.05) is 73.6 Å². The number of hydrogen-bond acceptors (Lipinski definition) is 9. The summed E-state index contributed by atoms with van der Waals surface area (Å²) in [7, 11) is -5.82. The van der Waals surface area contributed by atoms with E-state index in [1.54, 1.807) is 19.1 Å². The van der Waals surface area contributed by atoms with E-state index in [9.17, 15) is 9.59 Å². The van der Waals surface area contributed by atoms with Gasteiger partial charge in [-0.05, 0) is 41.2 Å². The first kappa shape index (κ1) is 33.8. The van der Waals surface area contributed by atoms with Crippen LogP contribution in [0.3, 0.4) is 0 Å². The molecule has 1 aromatic heterocycles. The van der Waals surface area contributed by atoms with Crippen molar-refractivity contribution < 1.29 is 27.2 Å². The number of aromatic nitrogens is 2. The van der Waals surface area contributed by atoms with Gasteiger partial charge in [0.15, 0.2) is 12.3 Å². The van der Waals surface area contributed by atoms with Gasteiger partial charge in [0.1, 0.15) is 5.75 Å². The predicted octanol–water partition coefficient (Wildman–Crippen LogP) is 5.70. The Morgan fingerprint density at radius 2 is 1.56 bits per heavy atom. The van der Waals surface area contributed by atoms with Crippen molar-refractivity contribution in [1.82, 2.24) is 9.55 Å². The number of rotatable bonds is 7.